The van der Waals surface area contributed by atoms with Crippen molar-refractivity contribution in [1.82, 2.24) is 25.3 Å². The van der Waals surface area contributed by atoms with Crippen molar-refractivity contribution < 1.29 is 9.59 Å². The number of guanidine groups is 1. The molecule has 2 rings (SSSR count). The number of nitrogens with zero attached hydrogens (tertiary/aromatic N) is 5. The van der Waals surface area contributed by atoms with Gasteiger partial charge in [0.15, 0.2) is 5.96 Å². The van der Waals surface area contributed by atoms with E-state index in [0.717, 1.165) is 12.1 Å². The molecule has 1 aromatic heterocycles. The predicted molar refractivity (Wildman–Crippen MR) is 96.4 cm³/mol. The second-order valence-corrected chi connectivity index (χ2v) is 5.86. The van der Waals surface area contributed by atoms with Gasteiger partial charge >= 0.3 is 0 Å². The number of nitrogens with one attached hydrogen (secondary N) is 2. The molecule has 25 heavy (non-hydrogen) atoms. The van der Waals surface area contributed by atoms with Gasteiger partial charge in [0.1, 0.15) is 13.1 Å². The van der Waals surface area contributed by atoms with Gasteiger partial charge in [0.2, 0.25) is 11.8 Å². The fourth-order valence-electron chi connectivity index (χ4n) is 2.57. The topological polar surface area (TPSA) is 94.9 Å². The van der Waals surface area contributed by atoms with Crippen LogP contribution in [0.1, 0.15) is 20.3 Å². The number of piperazine rings is 1. The van der Waals surface area contributed by atoms with Gasteiger partial charge in [-0.05, 0) is 13.3 Å². The summed E-state index contributed by atoms with van der Waals surface area (Å²) in [5.74, 6) is 0.464. The third kappa shape index (κ3) is 5.20. The molecule has 9 nitrogen and oxygen atoms in total. The smallest absolute Gasteiger partial charge is 0.246 e. The van der Waals surface area contributed by atoms with Crippen molar-refractivity contribution in [1.29, 1.82) is 0 Å². The first-order chi connectivity index (χ1) is 12.0. The van der Waals surface area contributed by atoms with Crippen LogP contribution in [0.5, 0.6) is 0 Å². The summed E-state index contributed by atoms with van der Waals surface area (Å²) in [4.78, 5) is 32.2. The van der Waals surface area contributed by atoms with Crippen LogP contribution in [0.4, 0.5) is 5.69 Å². The molecule has 0 atom stereocenters. The maximum Gasteiger partial charge on any atom is 0.246 e. The summed E-state index contributed by atoms with van der Waals surface area (Å²) in [5.41, 5.74) is 0.799. The van der Waals surface area contributed by atoms with E-state index in [9.17, 15) is 9.59 Å². The lowest BCUT2D eigenvalue weighted by Crippen LogP contribution is -2.55. The number of carbonyl (C=O) groups excluding carboxylic acids is 2. The summed E-state index contributed by atoms with van der Waals surface area (Å²) in [6.45, 7) is 6.75. The summed E-state index contributed by atoms with van der Waals surface area (Å²) in [6.07, 6.45) is 4.40. The molecular formula is C16H27N7O2. The zero-order valence-corrected chi connectivity index (χ0v) is 15.2. The number of hydrogen-bond donors (Lipinski definition) is 2. The Kier molecular flexibility index (Phi) is 6.79. The molecule has 0 radical (unpaired) electrons. The van der Waals surface area contributed by atoms with E-state index in [-0.39, 0.29) is 24.9 Å². The quantitative estimate of drug-likeness (QED) is 0.536. The van der Waals surface area contributed by atoms with Crippen LogP contribution < -0.4 is 15.5 Å². The van der Waals surface area contributed by atoms with Crippen molar-refractivity contribution in [2.24, 2.45) is 12.0 Å². The minimum atomic E-state index is -0.113. The zero-order valence-electron chi connectivity index (χ0n) is 15.2. The fourth-order valence-corrected chi connectivity index (χ4v) is 2.57. The van der Waals surface area contributed by atoms with Crippen LogP contribution in [0, 0.1) is 0 Å². The summed E-state index contributed by atoms with van der Waals surface area (Å²) < 4.78 is 1.68. The fraction of sp³-hybridized carbons (Fsp3) is 0.625. The highest BCUT2D eigenvalue weighted by Crippen LogP contribution is 2.16. The van der Waals surface area contributed by atoms with Gasteiger partial charge in [0.25, 0.3) is 0 Å². The molecule has 1 aliphatic heterocycles. The summed E-state index contributed by atoms with van der Waals surface area (Å²) in [7, 11) is 1.82. The molecule has 0 bridgehead atoms. The lowest BCUT2D eigenvalue weighted by Gasteiger charge is -2.35. The highest BCUT2D eigenvalue weighted by atomic mass is 16.2. The third-order valence-corrected chi connectivity index (χ3v) is 3.80. The SMILES string of the molecule is CCCNC(=O)CN=C(NCC)N1CCN(c2cnn(C)c2)C(=O)C1. The van der Waals surface area contributed by atoms with Crippen molar-refractivity contribution >= 4 is 23.5 Å². The molecule has 0 saturated carbocycles. The molecule has 2 heterocycles. The molecule has 138 valence electrons. The van der Waals surface area contributed by atoms with Gasteiger partial charge in [-0.25, -0.2) is 4.99 Å². The van der Waals surface area contributed by atoms with Crippen LogP contribution in [-0.4, -0.2) is 71.7 Å². The largest absolute Gasteiger partial charge is 0.356 e. The Labute approximate surface area is 148 Å². The first kappa shape index (κ1) is 18.8. The number of aliphatic imine (C=N–C) groups is 1. The number of carbonyl (C=O) groups is 2. The molecule has 0 spiro atoms. The highest BCUT2D eigenvalue weighted by Gasteiger charge is 2.27. The summed E-state index contributed by atoms with van der Waals surface area (Å²) in [5, 5.41) is 10.1. The predicted octanol–water partition coefficient (Wildman–Crippen LogP) is -0.440. The normalized spacial score (nSPS) is 15.5. The van der Waals surface area contributed by atoms with E-state index in [2.05, 4.69) is 20.7 Å². The number of amides is 2. The van der Waals surface area contributed by atoms with Crippen LogP contribution in [0.2, 0.25) is 0 Å². The Morgan fingerprint density at radius 1 is 1.32 bits per heavy atom. The molecule has 1 fully saturated rings. The Morgan fingerprint density at radius 3 is 2.72 bits per heavy atom. The van der Waals surface area contributed by atoms with E-state index in [1.807, 2.05) is 32.0 Å². The Bertz CT molecular complexity index is 626. The Morgan fingerprint density at radius 2 is 2.12 bits per heavy atom. The van der Waals surface area contributed by atoms with Crippen molar-refractivity contribution in [3.8, 4) is 0 Å². The monoisotopic (exact) mass is 349 g/mol. The van der Waals surface area contributed by atoms with E-state index < -0.39 is 0 Å². The number of rotatable bonds is 6. The number of aryl methyl sites for hydroxylation is 1. The molecular weight excluding hydrogens is 322 g/mol. The number of aromatic nitrogens is 2. The van der Waals surface area contributed by atoms with Crippen molar-refractivity contribution in [2.45, 2.75) is 20.3 Å². The maximum absolute atomic E-state index is 12.5. The standard InChI is InChI=1S/C16H27N7O2/c1-4-6-18-14(24)10-19-16(17-5-2)22-7-8-23(15(25)12-22)13-9-20-21(3)11-13/h9,11H,4-8,10,12H2,1-3H3,(H,17,19)(H,18,24). The average Bonchev–Trinajstić information content (AvgIpc) is 3.02. The first-order valence-electron chi connectivity index (χ1n) is 8.64. The van der Waals surface area contributed by atoms with Gasteiger partial charge in [-0.15, -0.1) is 0 Å². The van der Waals surface area contributed by atoms with E-state index in [1.54, 1.807) is 15.8 Å². The minimum absolute atomic E-state index is 0.0136. The average molecular weight is 349 g/mol. The van der Waals surface area contributed by atoms with Crippen molar-refractivity contribution in [3.05, 3.63) is 12.4 Å². The van der Waals surface area contributed by atoms with Crippen LogP contribution in [0.3, 0.4) is 0 Å². The molecule has 2 amide bonds. The molecule has 0 unspecified atom stereocenters. The summed E-state index contributed by atoms with van der Waals surface area (Å²) >= 11 is 0. The summed E-state index contributed by atoms with van der Waals surface area (Å²) in [6, 6.07) is 0. The van der Waals surface area contributed by atoms with E-state index in [4.69, 9.17) is 0 Å². The van der Waals surface area contributed by atoms with E-state index >= 15 is 0 Å². The van der Waals surface area contributed by atoms with Gasteiger partial charge in [0.05, 0.1) is 11.9 Å². The second-order valence-electron chi connectivity index (χ2n) is 5.86. The van der Waals surface area contributed by atoms with Crippen LogP contribution in [-0.2, 0) is 16.6 Å². The Hall–Kier alpha value is -2.58. The van der Waals surface area contributed by atoms with Gasteiger partial charge in [-0.2, -0.15) is 5.10 Å². The van der Waals surface area contributed by atoms with E-state index in [0.29, 0.717) is 32.1 Å². The third-order valence-electron chi connectivity index (χ3n) is 3.80. The highest BCUT2D eigenvalue weighted by molar-refractivity contribution is 5.98. The molecule has 1 saturated heterocycles. The lowest BCUT2D eigenvalue weighted by atomic mass is 10.3. The van der Waals surface area contributed by atoms with Crippen molar-refractivity contribution in [2.75, 3.05) is 44.2 Å². The molecule has 2 N–H and O–H groups in total. The van der Waals surface area contributed by atoms with Crippen LogP contribution in [0.25, 0.3) is 0 Å². The van der Waals surface area contributed by atoms with Gasteiger partial charge < -0.3 is 20.4 Å². The lowest BCUT2D eigenvalue weighted by molar-refractivity contribution is -0.120. The Balaban J connectivity index is 1.98. The number of hydrogen-bond acceptors (Lipinski definition) is 4. The van der Waals surface area contributed by atoms with Gasteiger partial charge in [-0.3, -0.25) is 14.3 Å². The molecule has 1 aliphatic rings. The maximum atomic E-state index is 12.5. The molecule has 0 aliphatic carbocycles. The van der Waals surface area contributed by atoms with Crippen molar-refractivity contribution in [3.63, 3.8) is 0 Å². The van der Waals surface area contributed by atoms with Gasteiger partial charge in [-0.1, -0.05) is 6.92 Å². The second kappa shape index (κ2) is 9.05. The van der Waals surface area contributed by atoms with Gasteiger partial charge in [0, 0.05) is 39.4 Å². The van der Waals surface area contributed by atoms with Crippen LogP contribution >= 0.6 is 0 Å². The first-order valence-corrected chi connectivity index (χ1v) is 8.64. The molecule has 0 aromatic carbocycles. The zero-order chi connectivity index (χ0) is 18.2. The molecule has 9 heteroatoms. The van der Waals surface area contributed by atoms with Crippen LogP contribution in [0.15, 0.2) is 17.4 Å². The molecule has 1 aromatic rings. The number of anilines is 1. The minimum Gasteiger partial charge on any atom is -0.356 e. The van der Waals surface area contributed by atoms with E-state index in [1.165, 1.54) is 0 Å².